The lowest BCUT2D eigenvalue weighted by Crippen LogP contribution is -2.67. The van der Waals surface area contributed by atoms with Crippen molar-refractivity contribution in [2.45, 2.75) is 31.5 Å². The molecule has 1 aromatic carbocycles. The van der Waals surface area contributed by atoms with E-state index in [1.54, 1.807) is 7.11 Å². The molecule has 3 rings (SSSR count). The molecule has 2 fully saturated rings. The highest BCUT2D eigenvalue weighted by Gasteiger charge is 2.49. The third kappa shape index (κ3) is 2.45. The summed E-state index contributed by atoms with van der Waals surface area (Å²) in [6, 6.07) is 7.74. The van der Waals surface area contributed by atoms with E-state index in [2.05, 4.69) is 0 Å². The number of hydrogen-bond acceptors (Lipinski definition) is 3. The number of aryl methyl sites for hydroxylation is 1. The van der Waals surface area contributed by atoms with Crippen molar-refractivity contribution < 1.29 is 14.3 Å². The molecule has 0 radical (unpaired) electrons. The summed E-state index contributed by atoms with van der Waals surface area (Å²) < 4.78 is 11.3. The molecule has 0 bridgehead atoms. The molecule has 1 atom stereocenters. The molecule has 4 nitrogen and oxygen atoms in total. The minimum atomic E-state index is -0.168. The molecule has 0 N–H and O–H groups in total. The van der Waals surface area contributed by atoms with E-state index in [1.807, 2.05) is 36.1 Å². The first kappa shape index (κ1) is 13.6. The Balaban J connectivity index is 1.64. The Labute approximate surface area is 119 Å². The Kier molecular flexibility index (Phi) is 3.52. The van der Waals surface area contributed by atoms with Crippen molar-refractivity contribution in [3.63, 3.8) is 0 Å². The Morgan fingerprint density at radius 1 is 1.45 bits per heavy atom. The number of rotatable bonds is 2. The number of carbonyl (C=O) groups excluding carboxylic acids is 1. The zero-order valence-electron chi connectivity index (χ0n) is 12.1. The van der Waals surface area contributed by atoms with Crippen LogP contribution in [0.25, 0.3) is 0 Å². The molecule has 1 aromatic rings. The maximum absolute atomic E-state index is 12.4. The van der Waals surface area contributed by atoms with Gasteiger partial charge >= 0.3 is 0 Å². The quantitative estimate of drug-likeness (QED) is 0.829. The van der Waals surface area contributed by atoms with Gasteiger partial charge in [-0.3, -0.25) is 4.79 Å². The van der Waals surface area contributed by atoms with Crippen molar-refractivity contribution in [1.82, 2.24) is 4.90 Å². The molecule has 0 saturated carbocycles. The largest absolute Gasteiger partial charge is 0.381 e. The van der Waals surface area contributed by atoms with E-state index in [9.17, 15) is 4.79 Å². The first-order valence-corrected chi connectivity index (χ1v) is 7.15. The van der Waals surface area contributed by atoms with E-state index < -0.39 is 0 Å². The van der Waals surface area contributed by atoms with Gasteiger partial charge in [0.05, 0.1) is 19.2 Å². The van der Waals surface area contributed by atoms with Crippen LogP contribution in [0.5, 0.6) is 0 Å². The van der Waals surface area contributed by atoms with E-state index in [4.69, 9.17) is 9.47 Å². The predicted octanol–water partition coefficient (Wildman–Crippen LogP) is 2.02. The minimum Gasteiger partial charge on any atom is -0.381 e. The smallest absolute Gasteiger partial charge is 0.254 e. The van der Waals surface area contributed by atoms with Gasteiger partial charge in [0, 0.05) is 25.7 Å². The molecule has 0 aliphatic carbocycles. The number of hydrogen-bond donors (Lipinski definition) is 0. The zero-order chi connectivity index (χ0) is 14.2. The second kappa shape index (κ2) is 5.19. The second-order valence-electron chi connectivity index (χ2n) is 5.91. The lowest BCUT2D eigenvalue weighted by molar-refractivity contribution is -0.181. The fourth-order valence-electron chi connectivity index (χ4n) is 3.16. The number of ether oxygens (including phenoxy) is 2. The Hall–Kier alpha value is -1.39. The van der Waals surface area contributed by atoms with Gasteiger partial charge in [0.1, 0.15) is 5.60 Å². The lowest BCUT2D eigenvalue weighted by atomic mass is 9.84. The van der Waals surface area contributed by atoms with E-state index in [-0.39, 0.29) is 17.6 Å². The number of benzene rings is 1. The Morgan fingerprint density at radius 2 is 2.25 bits per heavy atom. The number of carbonyl (C=O) groups is 1. The summed E-state index contributed by atoms with van der Waals surface area (Å²) >= 11 is 0. The van der Waals surface area contributed by atoms with Crippen LogP contribution >= 0.6 is 0 Å². The average molecular weight is 275 g/mol. The predicted molar refractivity (Wildman–Crippen MR) is 75.8 cm³/mol. The van der Waals surface area contributed by atoms with Crippen LogP contribution in [0.3, 0.4) is 0 Å². The van der Waals surface area contributed by atoms with E-state index in [0.717, 1.165) is 30.6 Å². The summed E-state index contributed by atoms with van der Waals surface area (Å²) in [5.41, 5.74) is 1.71. The molecule has 4 heteroatoms. The topological polar surface area (TPSA) is 38.8 Å². The van der Waals surface area contributed by atoms with Crippen LogP contribution in [-0.2, 0) is 9.47 Å². The number of nitrogens with zero attached hydrogens (tertiary/aromatic N) is 1. The highest BCUT2D eigenvalue weighted by molar-refractivity contribution is 5.95. The maximum Gasteiger partial charge on any atom is 0.254 e. The second-order valence-corrected chi connectivity index (χ2v) is 5.91. The molecule has 1 amide bonds. The summed E-state index contributed by atoms with van der Waals surface area (Å²) in [4.78, 5) is 14.3. The molecule has 108 valence electrons. The monoisotopic (exact) mass is 275 g/mol. The van der Waals surface area contributed by atoms with E-state index in [0.29, 0.717) is 13.1 Å². The van der Waals surface area contributed by atoms with Crippen molar-refractivity contribution >= 4 is 5.91 Å². The van der Waals surface area contributed by atoms with Gasteiger partial charge < -0.3 is 14.4 Å². The van der Waals surface area contributed by atoms with Crippen LogP contribution in [0.4, 0.5) is 0 Å². The summed E-state index contributed by atoms with van der Waals surface area (Å²) in [5.74, 6) is 0.0995. The highest BCUT2D eigenvalue weighted by Crippen LogP contribution is 2.35. The van der Waals surface area contributed by atoms with Crippen LogP contribution in [0.2, 0.25) is 0 Å². The van der Waals surface area contributed by atoms with Crippen LogP contribution in [0, 0.1) is 6.92 Å². The van der Waals surface area contributed by atoms with Crippen molar-refractivity contribution in [2.24, 2.45) is 0 Å². The average Bonchev–Trinajstić information content (AvgIpc) is 2.44. The van der Waals surface area contributed by atoms with Gasteiger partial charge in [0.2, 0.25) is 0 Å². The van der Waals surface area contributed by atoms with E-state index in [1.165, 1.54) is 0 Å². The van der Waals surface area contributed by atoms with Gasteiger partial charge in [-0.2, -0.15) is 0 Å². The van der Waals surface area contributed by atoms with Crippen molar-refractivity contribution in [2.75, 3.05) is 26.8 Å². The first-order chi connectivity index (χ1) is 9.62. The summed E-state index contributed by atoms with van der Waals surface area (Å²) in [7, 11) is 1.75. The fraction of sp³-hybridized carbons (Fsp3) is 0.562. The molecular weight excluding hydrogens is 254 g/mol. The number of methoxy groups -OCH3 is 1. The van der Waals surface area contributed by atoms with Gasteiger partial charge in [-0.1, -0.05) is 17.7 Å². The SMILES string of the molecule is COC1CCOC2(C1)CN(C(=O)c1cccc(C)c1)C2. The molecule has 2 aliphatic rings. The summed E-state index contributed by atoms with van der Waals surface area (Å²) in [6.45, 7) is 4.09. The van der Waals surface area contributed by atoms with Gasteiger partial charge in [-0.15, -0.1) is 0 Å². The first-order valence-electron chi connectivity index (χ1n) is 7.15. The molecule has 1 spiro atoms. The summed E-state index contributed by atoms with van der Waals surface area (Å²) in [5, 5.41) is 0. The third-order valence-electron chi connectivity index (χ3n) is 4.29. The fourth-order valence-corrected chi connectivity index (χ4v) is 3.16. The molecule has 2 heterocycles. The third-order valence-corrected chi connectivity index (χ3v) is 4.29. The molecule has 0 aromatic heterocycles. The Morgan fingerprint density at radius 3 is 2.95 bits per heavy atom. The highest BCUT2D eigenvalue weighted by atomic mass is 16.5. The van der Waals surface area contributed by atoms with Gasteiger partial charge in [-0.05, 0) is 25.5 Å². The summed E-state index contributed by atoms with van der Waals surface area (Å²) in [6.07, 6.45) is 2.10. The van der Waals surface area contributed by atoms with Crippen LogP contribution < -0.4 is 0 Å². The molecule has 2 aliphatic heterocycles. The van der Waals surface area contributed by atoms with Crippen LogP contribution in [-0.4, -0.2) is 49.3 Å². The molecule has 2 saturated heterocycles. The lowest BCUT2D eigenvalue weighted by Gasteiger charge is -2.52. The minimum absolute atomic E-state index is 0.0995. The van der Waals surface area contributed by atoms with E-state index >= 15 is 0 Å². The van der Waals surface area contributed by atoms with Crippen LogP contribution in [0.1, 0.15) is 28.8 Å². The number of amides is 1. The standard InChI is InChI=1S/C16H21NO3/c1-12-4-3-5-13(8-12)15(18)17-10-16(11-17)9-14(19-2)6-7-20-16/h3-5,8,14H,6-7,9-11H2,1-2H3. The zero-order valence-corrected chi connectivity index (χ0v) is 12.1. The van der Waals surface area contributed by atoms with Crippen molar-refractivity contribution in [1.29, 1.82) is 0 Å². The van der Waals surface area contributed by atoms with Crippen molar-refractivity contribution in [3.8, 4) is 0 Å². The normalized spacial score (nSPS) is 24.5. The van der Waals surface area contributed by atoms with Gasteiger partial charge in [0.15, 0.2) is 0 Å². The molecule has 1 unspecified atom stereocenters. The van der Waals surface area contributed by atoms with Crippen molar-refractivity contribution in [3.05, 3.63) is 35.4 Å². The molecule has 20 heavy (non-hydrogen) atoms. The molecular formula is C16H21NO3. The van der Waals surface area contributed by atoms with Gasteiger partial charge in [0.25, 0.3) is 5.91 Å². The Bertz CT molecular complexity index is 508. The van der Waals surface area contributed by atoms with Gasteiger partial charge in [-0.25, -0.2) is 0 Å². The maximum atomic E-state index is 12.4. The van der Waals surface area contributed by atoms with Crippen LogP contribution in [0.15, 0.2) is 24.3 Å². The number of likely N-dealkylation sites (tertiary alicyclic amines) is 1.